The number of hydrogen-bond donors (Lipinski definition) is 5. The summed E-state index contributed by atoms with van der Waals surface area (Å²) in [5.74, 6) is -3.26. The van der Waals surface area contributed by atoms with E-state index in [1.807, 2.05) is 44.7 Å². The first-order chi connectivity index (χ1) is 34.0. The molecule has 20 heteroatoms. The van der Waals surface area contributed by atoms with Gasteiger partial charge in [0.2, 0.25) is 0 Å². The minimum atomic E-state index is -3.30. The number of carbonyl (C=O) groups is 1. The highest BCUT2D eigenvalue weighted by molar-refractivity contribution is 7.90. The molecule has 3 aliphatic heterocycles. The molecular formula is C53H90FN5O13S. The van der Waals surface area contributed by atoms with E-state index >= 15 is 0 Å². The molecule has 3 aliphatic rings. The second kappa shape index (κ2) is 25.2. The van der Waals surface area contributed by atoms with Crippen molar-refractivity contribution in [1.29, 1.82) is 0 Å². The number of methoxy groups -OCH3 is 1. The molecule has 1 unspecified atom stereocenters. The summed E-state index contributed by atoms with van der Waals surface area (Å²) >= 11 is 0. The van der Waals surface area contributed by atoms with Gasteiger partial charge in [0, 0.05) is 63.5 Å². The van der Waals surface area contributed by atoms with Gasteiger partial charge in [-0.05, 0) is 124 Å². The molecule has 0 radical (unpaired) electrons. The molecule has 3 saturated heterocycles. The summed E-state index contributed by atoms with van der Waals surface area (Å²) in [5.41, 5.74) is -2.92. The van der Waals surface area contributed by atoms with E-state index in [2.05, 4.69) is 10.3 Å². The Morgan fingerprint density at radius 1 is 0.986 bits per heavy atom. The number of aliphatic hydroxyl groups is 5. The minimum absolute atomic E-state index is 0.170. The van der Waals surface area contributed by atoms with E-state index in [0.717, 1.165) is 5.56 Å². The van der Waals surface area contributed by atoms with Crippen LogP contribution in [-0.4, -0.2) is 196 Å². The summed E-state index contributed by atoms with van der Waals surface area (Å²) in [7, 11) is 1.95. The summed E-state index contributed by atoms with van der Waals surface area (Å²) in [6.07, 6.45) is -2.56. The third kappa shape index (κ3) is 14.7. The van der Waals surface area contributed by atoms with Crippen LogP contribution in [0.3, 0.4) is 0 Å². The van der Waals surface area contributed by atoms with Crippen LogP contribution < -0.4 is 0 Å². The Hall–Kier alpha value is -2.73. The van der Waals surface area contributed by atoms with Crippen LogP contribution in [0.15, 0.2) is 35.4 Å². The van der Waals surface area contributed by atoms with Crippen molar-refractivity contribution in [3.63, 3.8) is 0 Å². The summed E-state index contributed by atoms with van der Waals surface area (Å²) < 4.78 is 71.8. The van der Waals surface area contributed by atoms with Crippen LogP contribution in [0.4, 0.5) is 4.39 Å². The lowest BCUT2D eigenvalue weighted by Gasteiger charge is -2.51. The maximum absolute atomic E-state index is 14.6. The lowest BCUT2D eigenvalue weighted by atomic mass is 9.68. The van der Waals surface area contributed by atoms with Gasteiger partial charge in [-0.25, -0.2) is 17.5 Å². The van der Waals surface area contributed by atoms with Crippen LogP contribution in [0.5, 0.6) is 0 Å². The predicted octanol–water partition coefficient (Wildman–Crippen LogP) is 4.32. The zero-order valence-electron chi connectivity index (χ0n) is 45.9. The van der Waals surface area contributed by atoms with Crippen molar-refractivity contribution < 1.29 is 66.8 Å². The van der Waals surface area contributed by atoms with Gasteiger partial charge in [0.1, 0.15) is 36.7 Å². The van der Waals surface area contributed by atoms with Gasteiger partial charge in [-0.2, -0.15) is 0 Å². The highest BCUT2D eigenvalue weighted by atomic mass is 32.2. The van der Waals surface area contributed by atoms with Crippen molar-refractivity contribution in [2.75, 3.05) is 47.2 Å². The minimum Gasteiger partial charge on any atom is -0.459 e. The Morgan fingerprint density at radius 2 is 1.64 bits per heavy atom. The Labute approximate surface area is 434 Å². The Balaban J connectivity index is 1.40. The van der Waals surface area contributed by atoms with Gasteiger partial charge >= 0.3 is 5.97 Å². The lowest BCUT2D eigenvalue weighted by Crippen LogP contribution is -2.62. The lowest BCUT2D eigenvalue weighted by molar-refractivity contribution is -0.302. The number of carbonyl (C=O) groups excluding carboxylic acids is 1. The van der Waals surface area contributed by atoms with Crippen LogP contribution in [-0.2, 0) is 51.2 Å². The molecule has 5 rings (SSSR count). The fraction of sp³-hybridized carbons (Fsp3) is 0.830. The van der Waals surface area contributed by atoms with E-state index in [-0.39, 0.29) is 36.2 Å². The van der Waals surface area contributed by atoms with E-state index in [1.165, 1.54) is 20.3 Å². The first kappa shape index (κ1) is 61.1. The molecule has 5 N–H and O–H groups in total. The molecule has 1 aromatic heterocycles. The number of hydrogen-bond acceptors (Lipinski definition) is 17. The number of nitrogens with zero attached hydrogens (tertiary/aromatic N) is 5. The highest BCUT2D eigenvalue weighted by Gasteiger charge is 2.55. The fourth-order valence-corrected chi connectivity index (χ4v) is 12.6. The Morgan fingerprint density at radius 3 is 2.25 bits per heavy atom. The van der Waals surface area contributed by atoms with E-state index in [4.69, 9.17) is 23.7 Å². The quantitative estimate of drug-likeness (QED) is 0.147. The largest absolute Gasteiger partial charge is 0.459 e. The van der Waals surface area contributed by atoms with Gasteiger partial charge in [0.25, 0.3) is 0 Å². The van der Waals surface area contributed by atoms with Crippen LogP contribution in [0, 0.1) is 23.7 Å². The molecule has 1 aromatic carbocycles. The summed E-state index contributed by atoms with van der Waals surface area (Å²) in [4.78, 5) is 18.8. The number of alkyl halides is 1. The number of aryl methyl sites for hydroxylation is 1. The number of aliphatic hydroxyl groups excluding tert-OH is 3. The first-order valence-corrected chi connectivity index (χ1v) is 28.3. The summed E-state index contributed by atoms with van der Waals surface area (Å²) in [5, 5.41) is 68.7. The van der Waals surface area contributed by atoms with Crippen LogP contribution in [0.1, 0.15) is 125 Å². The SMILES string of the molecule is CC[C@H]1OC(=O)[C@H](C)[C@@H](C2C[C@@](C)(OC)[C@@H](O)[C@H](C)O2)[C@H](C)[C@@H](O[C@@H]2O[C@H](C)C[C@H](N(C)CCc3cn([C@H](CF)CCCc4ccc(S(C)(=O)=O)cc4)nn3)[C@H]2O)[C@](C)(O)C[C@@H](C)CN(C)[C@H](C)[C@@H](O)[C@]1(C)O. The number of cyclic esters (lactones) is 1. The molecule has 418 valence electrons. The van der Waals surface area contributed by atoms with Crippen LogP contribution in [0.2, 0.25) is 0 Å². The maximum atomic E-state index is 14.6. The van der Waals surface area contributed by atoms with E-state index in [9.17, 15) is 43.1 Å². The van der Waals surface area contributed by atoms with Crippen molar-refractivity contribution in [3.8, 4) is 0 Å². The smallest absolute Gasteiger partial charge is 0.309 e. The molecule has 0 spiro atoms. The molecule has 3 fully saturated rings. The molecule has 0 amide bonds. The number of esters is 1. The maximum Gasteiger partial charge on any atom is 0.309 e. The van der Waals surface area contributed by atoms with E-state index in [0.29, 0.717) is 50.9 Å². The van der Waals surface area contributed by atoms with Crippen molar-refractivity contribution in [3.05, 3.63) is 41.7 Å². The van der Waals surface area contributed by atoms with Gasteiger partial charge in [0.05, 0.1) is 58.2 Å². The predicted molar refractivity (Wildman–Crippen MR) is 273 cm³/mol. The van der Waals surface area contributed by atoms with Crippen molar-refractivity contribution >= 4 is 15.8 Å². The Bertz CT molecular complexity index is 2170. The second-order valence-electron chi connectivity index (χ2n) is 22.8. The van der Waals surface area contributed by atoms with Crippen molar-refractivity contribution in [2.45, 2.75) is 216 Å². The number of ether oxygens (including phenoxy) is 5. The van der Waals surface area contributed by atoms with E-state index in [1.54, 1.807) is 76.7 Å². The Kier molecular flexibility index (Phi) is 21.1. The molecule has 0 bridgehead atoms. The molecule has 2 aromatic rings. The molecule has 0 aliphatic carbocycles. The molecular weight excluding hydrogens is 966 g/mol. The summed E-state index contributed by atoms with van der Waals surface area (Å²) in [6.45, 7) is 18.0. The van der Waals surface area contributed by atoms with Crippen molar-refractivity contribution in [2.24, 2.45) is 23.7 Å². The fourth-order valence-electron chi connectivity index (χ4n) is 12.0. The number of sulfone groups is 1. The molecule has 4 heterocycles. The van der Waals surface area contributed by atoms with Crippen molar-refractivity contribution in [1.82, 2.24) is 24.8 Å². The summed E-state index contributed by atoms with van der Waals surface area (Å²) in [6, 6.07) is 5.15. The number of likely N-dealkylation sites (N-methyl/N-ethyl adjacent to an activating group) is 2. The molecule has 19 atom stereocenters. The molecule has 18 nitrogen and oxygen atoms in total. The van der Waals surface area contributed by atoms with Crippen LogP contribution >= 0.6 is 0 Å². The zero-order valence-corrected chi connectivity index (χ0v) is 46.7. The van der Waals surface area contributed by atoms with Gasteiger partial charge < -0.3 is 59.0 Å². The van der Waals surface area contributed by atoms with E-state index < -0.39 is 124 Å². The number of aromatic nitrogens is 3. The number of rotatable bonds is 16. The highest BCUT2D eigenvalue weighted by Crippen LogP contribution is 2.45. The van der Waals surface area contributed by atoms with Gasteiger partial charge in [-0.3, -0.25) is 4.79 Å². The third-order valence-corrected chi connectivity index (χ3v) is 17.8. The van der Waals surface area contributed by atoms with Gasteiger partial charge in [0.15, 0.2) is 16.1 Å². The number of halogens is 1. The monoisotopic (exact) mass is 1060 g/mol. The molecule has 73 heavy (non-hydrogen) atoms. The average Bonchev–Trinajstić information content (AvgIpc) is 3.80. The standard InChI is InChI=1S/C53H90FN5O13S/c1-15-43-53(10,65)46(61)35(6)58(12)29-31(2)26-51(8,64)48(33(4)44(34(5)49(63)71-43)42-27-52(9,68-13)47(62)36(7)70-42)72-50-45(60)41(25-32(3)69-50)57(11)24-23-38-30-59(56-55-38)39(28-54)18-16-17-37-19-21-40(22-20-37)73(14,66)67/h19-22,30-36,39,41-48,50,60-62,64-65H,15-18,23-29H2,1-14H3/t31-,32-,33+,34-,35-,36+,39+,41+,42?,43-,44+,45-,46-,47+,48-,50+,51-,52-,53-/m1/s1. The van der Waals surface area contributed by atoms with Gasteiger partial charge in [-0.15, -0.1) is 5.10 Å². The first-order valence-electron chi connectivity index (χ1n) is 26.4. The van der Waals surface area contributed by atoms with Crippen LogP contribution in [0.25, 0.3) is 0 Å². The zero-order chi connectivity index (χ0) is 54.5. The van der Waals surface area contributed by atoms with Gasteiger partial charge in [-0.1, -0.05) is 45.0 Å². The second-order valence-corrected chi connectivity index (χ2v) is 24.8. The number of benzene rings is 1. The normalized spacial score (nSPS) is 39.4. The average molecular weight is 1060 g/mol. The third-order valence-electron chi connectivity index (χ3n) is 16.6. The molecule has 0 saturated carbocycles. The topological polar surface area (TPSA) is 236 Å².